The van der Waals surface area contributed by atoms with Crippen molar-refractivity contribution in [2.24, 2.45) is 0 Å². The van der Waals surface area contributed by atoms with Crippen molar-refractivity contribution in [2.75, 3.05) is 4.90 Å². The quantitative estimate of drug-likeness (QED) is 0.168. The summed E-state index contributed by atoms with van der Waals surface area (Å²) in [5.41, 5.74) is 14.2. The number of hydrogen-bond donors (Lipinski definition) is 0. The predicted octanol–water partition coefficient (Wildman–Crippen LogP) is 13.9. The second kappa shape index (κ2) is 12.9. The molecule has 0 radical (unpaired) electrons. The Labute approximate surface area is 306 Å². The Morgan fingerprint density at radius 3 is 1.64 bits per heavy atom. The van der Waals surface area contributed by atoms with E-state index in [4.69, 9.17) is 13.8 Å². The third-order valence-corrected chi connectivity index (χ3v) is 9.90. The van der Waals surface area contributed by atoms with Crippen molar-refractivity contribution in [1.82, 2.24) is 4.98 Å². The van der Waals surface area contributed by atoms with E-state index in [1.807, 2.05) is 48.5 Å². The van der Waals surface area contributed by atoms with Gasteiger partial charge in [-0.05, 0) is 106 Å². The Morgan fingerprint density at radius 2 is 0.887 bits per heavy atom. The van der Waals surface area contributed by atoms with Crippen LogP contribution in [0.25, 0.3) is 77.9 Å². The third-order valence-electron chi connectivity index (χ3n) is 9.90. The van der Waals surface area contributed by atoms with E-state index < -0.39 is 0 Å². The van der Waals surface area contributed by atoms with Gasteiger partial charge in [-0.2, -0.15) is 0 Å². The lowest BCUT2D eigenvalue weighted by Crippen LogP contribution is -2.09. The van der Waals surface area contributed by atoms with Crippen LogP contribution < -0.4 is 4.90 Å². The number of benzene rings is 8. The highest BCUT2D eigenvalue weighted by atomic mass is 16.4. The molecule has 0 aliphatic rings. The summed E-state index contributed by atoms with van der Waals surface area (Å²) in [5.74, 6) is 0.593. The fraction of sp³-hybridized carbons (Fsp3) is 0. The summed E-state index contributed by atoms with van der Waals surface area (Å²) >= 11 is 0. The fourth-order valence-electron chi connectivity index (χ4n) is 7.39. The minimum absolute atomic E-state index is 0.593. The van der Waals surface area contributed by atoms with Gasteiger partial charge in [-0.15, -0.1) is 0 Å². The van der Waals surface area contributed by atoms with E-state index in [0.29, 0.717) is 5.89 Å². The lowest BCUT2D eigenvalue weighted by Gasteiger charge is -2.26. The van der Waals surface area contributed by atoms with Crippen molar-refractivity contribution in [3.8, 4) is 44.8 Å². The number of hydrogen-bond acceptors (Lipinski definition) is 4. The summed E-state index contributed by atoms with van der Waals surface area (Å²) in [5, 5.41) is 1.97. The summed E-state index contributed by atoms with van der Waals surface area (Å²) in [7, 11) is 0. The molecule has 0 atom stereocenters. The SMILES string of the molecule is c1ccc(-c2cccc(-c3ccc(N(c4ccccc4)c4cccc(-c5cccc6oc7ccc8oc(-c9ccccc9)nc8c7c56)c4)cc3)c2)cc1. The molecule has 0 saturated heterocycles. The molecule has 4 nitrogen and oxygen atoms in total. The molecule has 0 amide bonds. The number of rotatable bonds is 7. The monoisotopic (exact) mass is 680 g/mol. The highest BCUT2D eigenvalue weighted by Crippen LogP contribution is 2.43. The molecule has 0 bridgehead atoms. The lowest BCUT2D eigenvalue weighted by atomic mass is 9.98. The Hall–Kier alpha value is -7.17. The van der Waals surface area contributed by atoms with Crippen LogP contribution >= 0.6 is 0 Å². The van der Waals surface area contributed by atoms with Crippen LogP contribution in [0.15, 0.2) is 203 Å². The standard InChI is InChI=1S/C49H32N2O2/c1-4-13-33(14-5-1)36-17-10-18-37(31-36)34-25-27-40(28-26-34)51(39-20-8-3-9-21-39)41-22-11-19-38(32-41)42-23-12-24-43-46(42)47-44(52-43)29-30-45-48(47)50-49(53-45)35-15-6-2-7-16-35/h1-32H. The zero-order chi connectivity index (χ0) is 35.1. The van der Waals surface area contributed by atoms with Crippen molar-refractivity contribution in [3.63, 3.8) is 0 Å². The van der Waals surface area contributed by atoms with Gasteiger partial charge in [0, 0.05) is 28.0 Å². The van der Waals surface area contributed by atoms with Crippen molar-refractivity contribution < 1.29 is 8.83 Å². The van der Waals surface area contributed by atoms with E-state index >= 15 is 0 Å². The molecule has 0 saturated carbocycles. The van der Waals surface area contributed by atoms with Crippen LogP contribution in [0.3, 0.4) is 0 Å². The first-order valence-electron chi connectivity index (χ1n) is 17.8. The fourth-order valence-corrected chi connectivity index (χ4v) is 7.39. The molecule has 0 unspecified atom stereocenters. The minimum atomic E-state index is 0.593. The predicted molar refractivity (Wildman–Crippen MR) is 218 cm³/mol. The zero-order valence-electron chi connectivity index (χ0n) is 28.7. The molecular formula is C49H32N2O2. The Morgan fingerprint density at radius 1 is 0.340 bits per heavy atom. The Balaban J connectivity index is 1.07. The second-order valence-electron chi connectivity index (χ2n) is 13.2. The van der Waals surface area contributed by atoms with E-state index in [2.05, 4.69) is 150 Å². The molecule has 0 fully saturated rings. The van der Waals surface area contributed by atoms with E-state index in [9.17, 15) is 0 Å². The van der Waals surface area contributed by atoms with Gasteiger partial charge in [0.1, 0.15) is 16.7 Å². The van der Waals surface area contributed by atoms with Crippen LogP contribution in [-0.4, -0.2) is 4.98 Å². The average Bonchev–Trinajstić information content (AvgIpc) is 3.85. The molecule has 250 valence electrons. The second-order valence-corrected chi connectivity index (χ2v) is 13.2. The van der Waals surface area contributed by atoms with Gasteiger partial charge >= 0.3 is 0 Å². The van der Waals surface area contributed by atoms with Gasteiger partial charge in [0.25, 0.3) is 0 Å². The van der Waals surface area contributed by atoms with Crippen LogP contribution in [-0.2, 0) is 0 Å². The van der Waals surface area contributed by atoms with Gasteiger partial charge in [-0.1, -0.05) is 121 Å². The van der Waals surface area contributed by atoms with Crippen LogP contribution in [0.2, 0.25) is 0 Å². The molecule has 10 aromatic rings. The van der Waals surface area contributed by atoms with E-state index in [1.54, 1.807) is 0 Å². The summed E-state index contributed by atoms with van der Waals surface area (Å²) in [6, 6.07) is 67.6. The van der Waals surface area contributed by atoms with E-state index in [-0.39, 0.29) is 0 Å². The summed E-state index contributed by atoms with van der Waals surface area (Å²) in [6.07, 6.45) is 0. The van der Waals surface area contributed by atoms with Crippen molar-refractivity contribution in [3.05, 3.63) is 194 Å². The number of furan rings is 1. The topological polar surface area (TPSA) is 42.4 Å². The zero-order valence-corrected chi connectivity index (χ0v) is 28.7. The Kier molecular flexibility index (Phi) is 7.43. The van der Waals surface area contributed by atoms with Crippen LogP contribution in [0, 0.1) is 0 Å². The highest BCUT2D eigenvalue weighted by Gasteiger charge is 2.20. The molecule has 0 spiro atoms. The van der Waals surface area contributed by atoms with Gasteiger partial charge in [0.05, 0.1) is 5.39 Å². The smallest absolute Gasteiger partial charge is 0.227 e. The van der Waals surface area contributed by atoms with Crippen molar-refractivity contribution in [2.45, 2.75) is 0 Å². The summed E-state index contributed by atoms with van der Waals surface area (Å²) < 4.78 is 12.7. The van der Waals surface area contributed by atoms with E-state index in [0.717, 1.165) is 66.8 Å². The molecule has 10 rings (SSSR count). The van der Waals surface area contributed by atoms with Crippen molar-refractivity contribution in [1.29, 1.82) is 0 Å². The van der Waals surface area contributed by atoms with Gasteiger partial charge in [0.15, 0.2) is 5.58 Å². The van der Waals surface area contributed by atoms with Gasteiger partial charge in [0.2, 0.25) is 5.89 Å². The van der Waals surface area contributed by atoms with Crippen LogP contribution in [0.5, 0.6) is 0 Å². The molecular weight excluding hydrogens is 649 g/mol. The maximum absolute atomic E-state index is 6.44. The maximum Gasteiger partial charge on any atom is 0.227 e. The molecule has 53 heavy (non-hydrogen) atoms. The molecule has 0 N–H and O–H groups in total. The third kappa shape index (κ3) is 5.54. The Bertz CT molecular complexity index is 2870. The van der Waals surface area contributed by atoms with Crippen LogP contribution in [0.1, 0.15) is 0 Å². The minimum Gasteiger partial charge on any atom is -0.456 e. The van der Waals surface area contributed by atoms with Crippen molar-refractivity contribution >= 4 is 50.1 Å². The molecule has 0 aliphatic carbocycles. The average molecular weight is 681 g/mol. The molecule has 4 heteroatoms. The first-order chi connectivity index (χ1) is 26.3. The largest absolute Gasteiger partial charge is 0.456 e. The van der Waals surface area contributed by atoms with Gasteiger partial charge in [-0.3, -0.25) is 0 Å². The number of aromatic nitrogens is 1. The first kappa shape index (κ1) is 30.6. The summed E-state index contributed by atoms with van der Waals surface area (Å²) in [4.78, 5) is 7.32. The van der Waals surface area contributed by atoms with Gasteiger partial charge < -0.3 is 13.7 Å². The molecule has 0 aliphatic heterocycles. The number of anilines is 3. The van der Waals surface area contributed by atoms with E-state index in [1.165, 1.54) is 22.3 Å². The number of para-hydroxylation sites is 1. The number of fused-ring (bicyclic) bond motifs is 5. The first-order valence-corrected chi connectivity index (χ1v) is 17.8. The number of nitrogens with zero attached hydrogens (tertiary/aromatic N) is 2. The molecule has 2 heterocycles. The van der Waals surface area contributed by atoms with Gasteiger partial charge in [-0.25, -0.2) is 4.98 Å². The van der Waals surface area contributed by atoms with Crippen LogP contribution in [0.4, 0.5) is 17.1 Å². The number of oxazole rings is 1. The normalized spacial score (nSPS) is 11.4. The molecule has 8 aromatic carbocycles. The molecule has 2 aromatic heterocycles. The summed E-state index contributed by atoms with van der Waals surface area (Å²) in [6.45, 7) is 0. The maximum atomic E-state index is 6.44. The lowest BCUT2D eigenvalue weighted by molar-refractivity contribution is 0.619. The highest BCUT2D eigenvalue weighted by molar-refractivity contribution is 6.21.